The maximum atomic E-state index is 5.61. The molecule has 0 fully saturated rings. The van der Waals surface area contributed by atoms with Gasteiger partial charge in [-0.15, -0.1) is 0 Å². The van der Waals surface area contributed by atoms with Crippen LogP contribution in [0.4, 0.5) is 0 Å². The molecule has 1 N–H and O–H groups in total. The average Bonchev–Trinajstić information content (AvgIpc) is 3.00. The Balaban J connectivity index is 1.82. The summed E-state index contributed by atoms with van der Waals surface area (Å²) in [4.78, 5) is 2.22. The molecule has 110 valence electrons. The van der Waals surface area contributed by atoms with Crippen molar-refractivity contribution in [2.75, 3.05) is 13.6 Å². The third-order valence-electron chi connectivity index (χ3n) is 3.30. The van der Waals surface area contributed by atoms with Gasteiger partial charge in [-0.2, -0.15) is 0 Å². The Bertz CT molecular complexity index is 516. The van der Waals surface area contributed by atoms with Crippen molar-refractivity contribution in [1.82, 2.24) is 10.2 Å². The monoisotopic (exact) mass is 276 g/mol. The third-order valence-corrected chi connectivity index (χ3v) is 3.30. The Morgan fingerprint density at radius 3 is 2.80 bits per heavy atom. The van der Waals surface area contributed by atoms with Gasteiger partial charge >= 0.3 is 0 Å². The van der Waals surface area contributed by atoms with E-state index in [2.05, 4.69) is 30.3 Å². The average molecular weight is 276 g/mol. The van der Waals surface area contributed by atoms with Crippen LogP contribution in [-0.2, 0) is 19.6 Å². The fourth-order valence-corrected chi connectivity index (χ4v) is 2.20. The van der Waals surface area contributed by atoms with Gasteiger partial charge in [-0.1, -0.05) is 6.92 Å². The molecule has 0 unspecified atom stereocenters. The Labute approximate surface area is 120 Å². The van der Waals surface area contributed by atoms with E-state index in [-0.39, 0.29) is 0 Å². The zero-order valence-electron chi connectivity index (χ0n) is 12.6. The number of hydrogen-bond donors (Lipinski definition) is 1. The van der Waals surface area contributed by atoms with Crippen LogP contribution in [0.1, 0.15) is 36.0 Å². The van der Waals surface area contributed by atoms with Crippen LogP contribution in [0.15, 0.2) is 33.5 Å². The molecule has 2 rings (SSSR count). The molecule has 2 aromatic heterocycles. The lowest BCUT2D eigenvalue weighted by Crippen LogP contribution is -2.17. The quantitative estimate of drug-likeness (QED) is 0.751. The van der Waals surface area contributed by atoms with Gasteiger partial charge in [0.25, 0.3) is 0 Å². The van der Waals surface area contributed by atoms with Gasteiger partial charge in [-0.3, -0.25) is 4.90 Å². The minimum absolute atomic E-state index is 0.804. The predicted molar refractivity (Wildman–Crippen MR) is 79.3 cm³/mol. The van der Waals surface area contributed by atoms with E-state index in [4.69, 9.17) is 8.83 Å². The fraction of sp³-hybridized carbons (Fsp3) is 0.500. The maximum absolute atomic E-state index is 5.61. The van der Waals surface area contributed by atoms with Crippen LogP contribution >= 0.6 is 0 Å². The highest BCUT2D eigenvalue weighted by atomic mass is 16.3. The Morgan fingerprint density at radius 1 is 1.25 bits per heavy atom. The summed E-state index contributed by atoms with van der Waals surface area (Å²) in [5.74, 6) is 1.99. The number of hydrogen-bond acceptors (Lipinski definition) is 4. The second-order valence-electron chi connectivity index (χ2n) is 5.27. The number of nitrogens with zero attached hydrogens (tertiary/aromatic N) is 1. The number of aryl methyl sites for hydroxylation is 1. The summed E-state index contributed by atoms with van der Waals surface area (Å²) in [6.07, 6.45) is 4.73. The molecule has 0 bridgehead atoms. The number of nitrogens with one attached hydrogen (secondary N) is 1. The van der Waals surface area contributed by atoms with Crippen molar-refractivity contribution in [3.8, 4) is 0 Å². The third kappa shape index (κ3) is 4.25. The van der Waals surface area contributed by atoms with E-state index < -0.39 is 0 Å². The molecular formula is C16H24N2O2. The SMILES string of the molecule is CCCNCc1coc(CN(C)Cc2ccoc2C)c1. The molecule has 0 aliphatic rings. The molecule has 20 heavy (non-hydrogen) atoms. The zero-order chi connectivity index (χ0) is 14.4. The van der Waals surface area contributed by atoms with Gasteiger partial charge in [-0.25, -0.2) is 0 Å². The lowest BCUT2D eigenvalue weighted by molar-refractivity contribution is 0.286. The van der Waals surface area contributed by atoms with Crippen molar-refractivity contribution in [3.63, 3.8) is 0 Å². The highest BCUT2D eigenvalue weighted by Crippen LogP contribution is 2.14. The summed E-state index contributed by atoms with van der Waals surface area (Å²) in [6, 6.07) is 4.15. The second kappa shape index (κ2) is 7.31. The van der Waals surface area contributed by atoms with Gasteiger partial charge in [0.2, 0.25) is 0 Å². The Kier molecular flexibility index (Phi) is 5.44. The van der Waals surface area contributed by atoms with E-state index in [0.29, 0.717) is 0 Å². The maximum Gasteiger partial charge on any atom is 0.118 e. The van der Waals surface area contributed by atoms with E-state index in [1.165, 1.54) is 11.1 Å². The molecular weight excluding hydrogens is 252 g/mol. The Hall–Kier alpha value is -1.52. The molecule has 0 amide bonds. The van der Waals surface area contributed by atoms with Crippen LogP contribution in [-0.4, -0.2) is 18.5 Å². The summed E-state index contributed by atoms with van der Waals surface area (Å²) >= 11 is 0. The molecule has 0 atom stereocenters. The first-order valence-electron chi connectivity index (χ1n) is 7.17. The fourth-order valence-electron chi connectivity index (χ4n) is 2.20. The van der Waals surface area contributed by atoms with E-state index in [9.17, 15) is 0 Å². The van der Waals surface area contributed by atoms with Crippen molar-refractivity contribution >= 4 is 0 Å². The topological polar surface area (TPSA) is 41.6 Å². The van der Waals surface area contributed by atoms with E-state index in [1.54, 1.807) is 6.26 Å². The first-order valence-corrected chi connectivity index (χ1v) is 7.17. The molecule has 2 heterocycles. The minimum atomic E-state index is 0.804. The molecule has 0 aromatic carbocycles. The van der Waals surface area contributed by atoms with Gasteiger partial charge in [-0.05, 0) is 39.1 Å². The normalized spacial score (nSPS) is 11.4. The van der Waals surface area contributed by atoms with Crippen LogP contribution in [0.5, 0.6) is 0 Å². The van der Waals surface area contributed by atoms with Crippen LogP contribution < -0.4 is 5.32 Å². The lowest BCUT2D eigenvalue weighted by Gasteiger charge is -2.14. The molecule has 4 nitrogen and oxygen atoms in total. The van der Waals surface area contributed by atoms with Gasteiger partial charge < -0.3 is 14.2 Å². The van der Waals surface area contributed by atoms with Crippen molar-refractivity contribution in [3.05, 3.63) is 47.3 Å². The largest absolute Gasteiger partial charge is 0.469 e. The molecule has 0 radical (unpaired) electrons. The van der Waals surface area contributed by atoms with Crippen LogP contribution in [0, 0.1) is 6.92 Å². The molecule has 4 heteroatoms. The van der Waals surface area contributed by atoms with E-state index in [1.807, 2.05) is 19.3 Å². The van der Waals surface area contributed by atoms with E-state index in [0.717, 1.165) is 44.1 Å². The summed E-state index contributed by atoms with van der Waals surface area (Å²) in [7, 11) is 2.09. The van der Waals surface area contributed by atoms with Crippen molar-refractivity contribution < 1.29 is 8.83 Å². The lowest BCUT2D eigenvalue weighted by atomic mass is 10.2. The first kappa shape index (κ1) is 14.9. The molecule has 2 aromatic rings. The van der Waals surface area contributed by atoms with Gasteiger partial charge in [0.05, 0.1) is 19.1 Å². The van der Waals surface area contributed by atoms with Gasteiger partial charge in [0.15, 0.2) is 0 Å². The van der Waals surface area contributed by atoms with Crippen LogP contribution in [0.25, 0.3) is 0 Å². The first-order chi connectivity index (χ1) is 9.69. The van der Waals surface area contributed by atoms with Crippen LogP contribution in [0.3, 0.4) is 0 Å². The molecule has 0 saturated heterocycles. The summed E-state index contributed by atoms with van der Waals surface area (Å²) in [6.45, 7) is 7.75. The Morgan fingerprint density at radius 2 is 2.10 bits per heavy atom. The van der Waals surface area contributed by atoms with Crippen LogP contribution in [0.2, 0.25) is 0 Å². The van der Waals surface area contributed by atoms with Gasteiger partial charge in [0, 0.05) is 24.2 Å². The van der Waals surface area contributed by atoms with Gasteiger partial charge in [0.1, 0.15) is 11.5 Å². The summed E-state index contributed by atoms with van der Waals surface area (Å²) < 4.78 is 10.9. The van der Waals surface area contributed by atoms with Crippen molar-refractivity contribution in [1.29, 1.82) is 0 Å². The molecule has 0 saturated carbocycles. The molecule has 0 aliphatic carbocycles. The van der Waals surface area contributed by atoms with Crippen molar-refractivity contribution in [2.24, 2.45) is 0 Å². The standard InChI is InChI=1S/C16H24N2O2/c1-4-6-17-9-14-8-16(20-12-14)11-18(3)10-15-5-7-19-13(15)2/h5,7-8,12,17H,4,6,9-11H2,1-3H3. The number of furan rings is 2. The predicted octanol–water partition coefficient (Wildman–Crippen LogP) is 3.31. The minimum Gasteiger partial charge on any atom is -0.469 e. The zero-order valence-corrected chi connectivity index (χ0v) is 12.6. The highest BCUT2D eigenvalue weighted by Gasteiger charge is 2.08. The van der Waals surface area contributed by atoms with Crippen molar-refractivity contribution in [2.45, 2.75) is 39.9 Å². The summed E-state index contributed by atoms with van der Waals surface area (Å²) in [5, 5.41) is 3.38. The van der Waals surface area contributed by atoms with E-state index >= 15 is 0 Å². The summed E-state index contributed by atoms with van der Waals surface area (Å²) in [5.41, 5.74) is 2.44. The molecule has 0 spiro atoms. The highest BCUT2D eigenvalue weighted by molar-refractivity contribution is 5.16. The molecule has 0 aliphatic heterocycles. The number of rotatable bonds is 8. The smallest absolute Gasteiger partial charge is 0.118 e. The second-order valence-corrected chi connectivity index (χ2v) is 5.27.